The number of rotatable bonds is 12. The van der Waals surface area contributed by atoms with Crippen LogP contribution in [0.1, 0.15) is 11.5 Å². The summed E-state index contributed by atoms with van der Waals surface area (Å²) in [4.78, 5) is 76.8. The first-order valence-corrected chi connectivity index (χ1v) is 13.4. The molecule has 3 atom stereocenters. The second-order valence-electron chi connectivity index (χ2n) is 8.50. The fourth-order valence-electron chi connectivity index (χ4n) is 3.94. The number of carbonyl (C=O) groups is 5. The molecule has 4 amide bonds. The van der Waals surface area contributed by atoms with E-state index < -0.39 is 54.1 Å². The molecular formula is C25H24N6O12S. The van der Waals surface area contributed by atoms with Crippen LogP contribution < -0.4 is 11.1 Å². The Hall–Kier alpha value is -5.43. The van der Waals surface area contributed by atoms with Crippen LogP contribution in [0.4, 0.5) is 4.79 Å². The topological polar surface area (TPSA) is 247 Å². The highest BCUT2D eigenvalue weighted by Gasteiger charge is 2.55. The van der Waals surface area contributed by atoms with Crippen LogP contribution in [0.5, 0.6) is 0 Å². The predicted molar refractivity (Wildman–Crippen MR) is 148 cm³/mol. The molecule has 4 heterocycles. The highest BCUT2D eigenvalue weighted by Crippen LogP contribution is 2.40. The minimum atomic E-state index is -2.07. The van der Waals surface area contributed by atoms with Gasteiger partial charge in [0.25, 0.3) is 11.8 Å². The fraction of sp³-hybridized carbons (Fsp3) is 0.280. The van der Waals surface area contributed by atoms with Gasteiger partial charge in [-0.1, -0.05) is 10.3 Å². The molecule has 0 saturated carbocycles. The summed E-state index contributed by atoms with van der Waals surface area (Å²) >= 11 is 1.14. The minimum Gasteiger partial charge on any atom is -0.462 e. The molecule has 4 rings (SSSR count). The van der Waals surface area contributed by atoms with E-state index in [0.717, 1.165) is 16.7 Å². The van der Waals surface area contributed by atoms with Crippen molar-refractivity contribution in [3.8, 4) is 0 Å². The Kier molecular flexibility index (Phi) is 10.1. The van der Waals surface area contributed by atoms with Gasteiger partial charge < -0.3 is 44.1 Å². The first-order valence-electron chi connectivity index (χ1n) is 12.3. The lowest BCUT2D eigenvalue weighted by Crippen LogP contribution is -2.71. The summed E-state index contributed by atoms with van der Waals surface area (Å²) in [6.45, 7) is -0.480. The second-order valence-corrected chi connectivity index (χ2v) is 9.60. The highest BCUT2D eigenvalue weighted by atomic mass is 32.2. The molecule has 19 heteroatoms. The van der Waals surface area contributed by atoms with Crippen molar-refractivity contribution in [1.29, 1.82) is 0 Å². The number of aliphatic imine (C=N–C) groups is 1. The summed E-state index contributed by atoms with van der Waals surface area (Å²) in [6, 6.07) is 4.79. The molecule has 0 spiro atoms. The summed E-state index contributed by atoms with van der Waals surface area (Å²) in [5, 5.41) is 19.2. The molecule has 0 radical (unpaired) electrons. The quantitative estimate of drug-likeness (QED) is 0.0877. The average molecular weight is 633 g/mol. The molecule has 4 N–H and O–H groups in total. The van der Waals surface area contributed by atoms with E-state index in [-0.39, 0.29) is 40.0 Å². The number of aliphatic hydroxyl groups excluding tert-OH is 1. The highest BCUT2D eigenvalue weighted by molar-refractivity contribution is 8.00. The Morgan fingerprint density at radius 1 is 1.14 bits per heavy atom. The van der Waals surface area contributed by atoms with Gasteiger partial charge in [-0.3, -0.25) is 19.3 Å². The lowest BCUT2D eigenvalue weighted by molar-refractivity contribution is -0.161. The van der Waals surface area contributed by atoms with E-state index in [1.807, 2.05) is 0 Å². The van der Waals surface area contributed by atoms with Crippen LogP contribution in [0, 0.1) is 0 Å². The van der Waals surface area contributed by atoms with E-state index in [4.69, 9.17) is 28.9 Å². The maximum Gasteiger partial charge on any atom is 0.404 e. The van der Waals surface area contributed by atoms with Gasteiger partial charge in [0, 0.05) is 11.3 Å². The van der Waals surface area contributed by atoms with Gasteiger partial charge in [0.05, 0.1) is 18.7 Å². The van der Waals surface area contributed by atoms with E-state index in [1.54, 1.807) is 0 Å². The number of aliphatic hydroxyl groups is 1. The number of hydrogen-bond donors (Lipinski definition) is 3. The maximum absolute atomic E-state index is 13.2. The molecule has 0 bridgehead atoms. The monoisotopic (exact) mass is 632 g/mol. The third-order valence-corrected chi connectivity index (χ3v) is 7.09. The first-order chi connectivity index (χ1) is 21.2. The number of β-lactam (4-membered cyclic amide) rings is 1. The van der Waals surface area contributed by atoms with Crippen molar-refractivity contribution in [2.24, 2.45) is 21.0 Å². The van der Waals surface area contributed by atoms with Crippen molar-refractivity contribution in [2.75, 3.05) is 26.6 Å². The average Bonchev–Trinajstić information content (AvgIpc) is 3.73. The van der Waals surface area contributed by atoms with Crippen LogP contribution >= 0.6 is 11.8 Å². The van der Waals surface area contributed by atoms with Crippen molar-refractivity contribution in [3.63, 3.8) is 0 Å². The zero-order valence-corrected chi connectivity index (χ0v) is 23.7. The number of esters is 1. The number of nitrogens with two attached hydrogens (primary N) is 1. The summed E-state index contributed by atoms with van der Waals surface area (Å²) in [5.74, 6) is -3.60. The van der Waals surface area contributed by atoms with Gasteiger partial charge in [-0.25, -0.2) is 14.6 Å². The van der Waals surface area contributed by atoms with Gasteiger partial charge in [-0.2, -0.15) is 0 Å². The molecular weight excluding hydrogens is 608 g/mol. The SMILES string of the molecule is CO/N=C(\C(=O)N=CC(O)OC(=O)C1=C(COC(N)=O)CS[C@@H]2[C@H](NC(=O)/C(=N\OC)c3ccco3)C(=O)N12)c1ccco1. The predicted octanol–water partition coefficient (Wildman–Crippen LogP) is -0.518. The minimum absolute atomic E-state index is 0.0261. The molecule has 1 saturated heterocycles. The molecule has 2 aromatic rings. The number of fused-ring (bicyclic) bond motifs is 1. The van der Waals surface area contributed by atoms with Crippen LogP contribution in [-0.4, -0.2) is 102 Å². The smallest absolute Gasteiger partial charge is 0.404 e. The second kappa shape index (κ2) is 14.2. The normalized spacial score (nSPS) is 19.2. The van der Waals surface area contributed by atoms with Crippen LogP contribution in [0.25, 0.3) is 0 Å². The van der Waals surface area contributed by atoms with Crippen molar-refractivity contribution in [2.45, 2.75) is 17.7 Å². The number of hydrogen-bond acceptors (Lipinski definition) is 15. The Labute approximate surface area is 251 Å². The van der Waals surface area contributed by atoms with Crippen LogP contribution in [0.3, 0.4) is 0 Å². The summed E-state index contributed by atoms with van der Waals surface area (Å²) in [5.41, 5.74) is 4.24. The summed E-state index contributed by atoms with van der Waals surface area (Å²) < 4.78 is 20.1. The van der Waals surface area contributed by atoms with Gasteiger partial charge in [0.15, 0.2) is 11.5 Å². The zero-order chi connectivity index (χ0) is 31.8. The number of primary amides is 1. The van der Waals surface area contributed by atoms with E-state index >= 15 is 0 Å². The molecule has 2 aliphatic heterocycles. The molecule has 0 aliphatic carbocycles. The van der Waals surface area contributed by atoms with Gasteiger partial charge in [-0.15, -0.1) is 11.8 Å². The fourth-order valence-corrected chi connectivity index (χ4v) is 5.26. The van der Waals surface area contributed by atoms with E-state index in [1.165, 1.54) is 51.0 Å². The third-order valence-electron chi connectivity index (χ3n) is 5.75. The molecule has 2 aromatic heterocycles. The number of nitrogens with one attached hydrogen (secondary N) is 1. The zero-order valence-electron chi connectivity index (χ0n) is 22.9. The summed E-state index contributed by atoms with van der Waals surface area (Å²) in [7, 11) is 2.42. The number of oxime groups is 2. The molecule has 1 fully saturated rings. The standard InChI is InChI=1S/C25H24N6O12S/c1-38-29-16(13-5-3-7-40-13)20(33)27-9-15(32)43-24(36)19-12(10-42-25(26)37)11-44-23-18(22(35)31(19)23)28-21(34)17(30-39-2)14-6-4-8-41-14/h3-9,15,18,23,32H,10-11H2,1-2H3,(H2,26,37)(H,28,34)/b27-9?,29-16-,30-17-/t15?,18-,23-/m1/s1. The van der Waals surface area contributed by atoms with Crippen LogP contribution in [0.2, 0.25) is 0 Å². The maximum atomic E-state index is 13.2. The van der Waals surface area contributed by atoms with Crippen molar-refractivity contribution >= 4 is 59.2 Å². The van der Waals surface area contributed by atoms with Gasteiger partial charge >= 0.3 is 18.0 Å². The van der Waals surface area contributed by atoms with E-state index in [0.29, 0.717) is 6.21 Å². The largest absolute Gasteiger partial charge is 0.462 e. The van der Waals surface area contributed by atoms with Crippen LogP contribution in [0.15, 0.2) is 72.2 Å². The number of thioether (sulfide) groups is 1. The number of ether oxygens (including phenoxy) is 2. The molecule has 18 nitrogen and oxygen atoms in total. The van der Waals surface area contributed by atoms with Gasteiger partial charge in [-0.05, 0) is 24.3 Å². The Morgan fingerprint density at radius 3 is 2.36 bits per heavy atom. The molecule has 232 valence electrons. The molecule has 2 aliphatic rings. The summed E-state index contributed by atoms with van der Waals surface area (Å²) in [6.07, 6.45) is -0.0000716. The Morgan fingerprint density at radius 2 is 1.77 bits per heavy atom. The number of carbonyl (C=O) groups excluding carboxylic acids is 5. The van der Waals surface area contributed by atoms with Gasteiger partial charge in [0.2, 0.25) is 17.7 Å². The number of furan rings is 2. The van der Waals surface area contributed by atoms with E-state index in [2.05, 4.69) is 25.5 Å². The Balaban J connectivity index is 1.49. The van der Waals surface area contributed by atoms with Crippen LogP contribution in [-0.2, 0) is 38.3 Å². The number of amides is 4. The molecule has 0 aromatic carbocycles. The molecule has 44 heavy (non-hydrogen) atoms. The Bertz CT molecular complexity index is 1530. The number of nitrogens with zero attached hydrogens (tertiary/aromatic N) is 4. The van der Waals surface area contributed by atoms with Crippen molar-refractivity contribution in [1.82, 2.24) is 10.2 Å². The van der Waals surface area contributed by atoms with Gasteiger partial charge in [0.1, 0.15) is 37.9 Å². The molecule has 1 unspecified atom stereocenters. The first kappa shape index (κ1) is 31.5. The third kappa shape index (κ3) is 6.95. The van der Waals surface area contributed by atoms with E-state index in [9.17, 15) is 29.1 Å². The van der Waals surface area contributed by atoms with Crippen molar-refractivity contribution < 1.29 is 57.1 Å². The van der Waals surface area contributed by atoms with Crippen molar-refractivity contribution in [3.05, 3.63) is 59.6 Å². The lowest BCUT2D eigenvalue weighted by atomic mass is 10.0. The lowest BCUT2D eigenvalue weighted by Gasteiger charge is -2.49.